The first-order chi connectivity index (χ1) is 9.71. The van der Waals surface area contributed by atoms with Gasteiger partial charge in [-0.2, -0.15) is 10.2 Å². The number of nitriles is 1. The molecule has 0 fully saturated rings. The van der Waals surface area contributed by atoms with Crippen molar-refractivity contribution in [3.63, 3.8) is 0 Å². The van der Waals surface area contributed by atoms with Gasteiger partial charge in [-0.25, -0.2) is 4.98 Å². The fourth-order valence-corrected chi connectivity index (χ4v) is 1.76. The smallest absolute Gasteiger partial charge is 0.224 e. The number of nitrogens with zero attached hydrogens (tertiary/aromatic N) is 3. The molecule has 0 radical (unpaired) electrons. The van der Waals surface area contributed by atoms with Gasteiger partial charge in [0.05, 0.1) is 11.6 Å². The Hall–Kier alpha value is -2.61. The van der Waals surface area contributed by atoms with Crippen LogP contribution >= 0.6 is 0 Å². The number of hydrogen-bond donors (Lipinski definition) is 2. The quantitative estimate of drug-likeness (QED) is 0.870. The maximum Gasteiger partial charge on any atom is 0.224 e. The van der Waals surface area contributed by atoms with E-state index in [-0.39, 0.29) is 0 Å². The first-order valence-electron chi connectivity index (χ1n) is 6.58. The topological polar surface area (TPSA) is 73.6 Å². The van der Waals surface area contributed by atoms with E-state index in [2.05, 4.69) is 33.6 Å². The Kier molecular flexibility index (Phi) is 4.51. The molecule has 1 aromatic carbocycles. The van der Waals surface area contributed by atoms with Gasteiger partial charge in [0.1, 0.15) is 5.82 Å². The molecule has 0 amide bonds. The minimum absolute atomic E-state index is 0.616. The minimum Gasteiger partial charge on any atom is -0.354 e. The largest absolute Gasteiger partial charge is 0.354 e. The van der Waals surface area contributed by atoms with Crippen LogP contribution in [0.4, 0.5) is 17.5 Å². The third-order valence-corrected chi connectivity index (χ3v) is 2.65. The molecule has 0 aliphatic rings. The zero-order valence-electron chi connectivity index (χ0n) is 11.6. The van der Waals surface area contributed by atoms with Crippen LogP contribution in [0.1, 0.15) is 24.6 Å². The molecule has 0 bridgehead atoms. The lowest BCUT2D eigenvalue weighted by molar-refractivity contribution is 0.947. The lowest BCUT2D eigenvalue weighted by atomic mass is 10.2. The van der Waals surface area contributed by atoms with Crippen LogP contribution in [0.2, 0.25) is 0 Å². The second-order valence-electron chi connectivity index (χ2n) is 4.46. The van der Waals surface area contributed by atoms with Crippen molar-refractivity contribution in [3.05, 3.63) is 41.6 Å². The zero-order chi connectivity index (χ0) is 14.4. The highest BCUT2D eigenvalue weighted by molar-refractivity contribution is 5.59. The molecular formula is C15H17N5. The number of rotatable bonds is 5. The van der Waals surface area contributed by atoms with Crippen LogP contribution in [-0.4, -0.2) is 16.5 Å². The van der Waals surface area contributed by atoms with Crippen LogP contribution in [0.5, 0.6) is 0 Å². The number of benzene rings is 1. The summed E-state index contributed by atoms with van der Waals surface area (Å²) in [5.74, 6) is 1.33. The molecule has 0 aliphatic heterocycles. The SMILES string of the molecule is CCCNc1nc(C)cc(Nc2cccc(C#N)c2)n1. The predicted octanol–water partition coefficient (Wildman–Crippen LogP) is 3.22. The van der Waals surface area contributed by atoms with Crippen molar-refractivity contribution in [2.75, 3.05) is 17.2 Å². The van der Waals surface area contributed by atoms with Gasteiger partial charge < -0.3 is 10.6 Å². The predicted molar refractivity (Wildman–Crippen MR) is 80.0 cm³/mol. The molecule has 0 atom stereocenters. The summed E-state index contributed by atoms with van der Waals surface area (Å²) in [4.78, 5) is 8.74. The van der Waals surface area contributed by atoms with E-state index in [1.165, 1.54) is 0 Å². The Morgan fingerprint density at radius 2 is 2.10 bits per heavy atom. The van der Waals surface area contributed by atoms with E-state index in [1.54, 1.807) is 12.1 Å². The van der Waals surface area contributed by atoms with E-state index in [0.29, 0.717) is 17.3 Å². The second-order valence-corrected chi connectivity index (χ2v) is 4.46. The van der Waals surface area contributed by atoms with Crippen LogP contribution in [0.3, 0.4) is 0 Å². The number of aryl methyl sites for hydroxylation is 1. The first kappa shape index (κ1) is 13.8. The summed E-state index contributed by atoms with van der Waals surface area (Å²) >= 11 is 0. The Morgan fingerprint density at radius 3 is 2.85 bits per heavy atom. The number of aromatic nitrogens is 2. The summed E-state index contributed by atoms with van der Waals surface area (Å²) in [5, 5.41) is 15.3. The normalized spacial score (nSPS) is 9.85. The fourth-order valence-electron chi connectivity index (χ4n) is 1.76. The highest BCUT2D eigenvalue weighted by Gasteiger charge is 2.03. The lowest BCUT2D eigenvalue weighted by Gasteiger charge is -2.09. The molecule has 1 aromatic heterocycles. The zero-order valence-corrected chi connectivity index (χ0v) is 11.6. The molecule has 0 saturated carbocycles. The molecule has 102 valence electrons. The number of anilines is 3. The summed E-state index contributed by atoms with van der Waals surface area (Å²) in [5.41, 5.74) is 2.34. The molecule has 0 saturated heterocycles. The molecule has 1 heterocycles. The molecule has 5 heteroatoms. The summed E-state index contributed by atoms with van der Waals surface area (Å²) in [6, 6.07) is 11.3. The van der Waals surface area contributed by atoms with Gasteiger partial charge in [-0.15, -0.1) is 0 Å². The van der Waals surface area contributed by atoms with Crippen LogP contribution in [0.25, 0.3) is 0 Å². The monoisotopic (exact) mass is 267 g/mol. The van der Waals surface area contributed by atoms with E-state index in [0.717, 1.165) is 24.3 Å². The average molecular weight is 267 g/mol. The highest BCUT2D eigenvalue weighted by Crippen LogP contribution is 2.17. The Bertz CT molecular complexity index is 630. The minimum atomic E-state index is 0.616. The van der Waals surface area contributed by atoms with Gasteiger partial charge in [-0.3, -0.25) is 0 Å². The Labute approximate surface area is 118 Å². The van der Waals surface area contributed by atoms with Gasteiger partial charge in [0.15, 0.2) is 0 Å². The first-order valence-corrected chi connectivity index (χ1v) is 6.58. The van der Waals surface area contributed by atoms with Crippen LogP contribution in [0.15, 0.2) is 30.3 Å². The third-order valence-electron chi connectivity index (χ3n) is 2.65. The van der Waals surface area contributed by atoms with Gasteiger partial charge in [-0.05, 0) is 31.5 Å². The highest BCUT2D eigenvalue weighted by atomic mass is 15.1. The van der Waals surface area contributed by atoms with E-state index < -0.39 is 0 Å². The standard InChI is InChI=1S/C15H17N5/c1-3-7-17-15-18-11(2)8-14(20-15)19-13-6-4-5-12(9-13)10-16/h4-6,8-9H,3,7H2,1-2H3,(H2,17,18,19,20). The maximum absolute atomic E-state index is 8.90. The van der Waals surface area contributed by atoms with Crippen molar-refractivity contribution in [3.8, 4) is 6.07 Å². The summed E-state index contributed by atoms with van der Waals surface area (Å²) in [6.07, 6.45) is 1.02. The summed E-state index contributed by atoms with van der Waals surface area (Å²) in [7, 11) is 0. The van der Waals surface area contributed by atoms with Crippen LogP contribution < -0.4 is 10.6 Å². The van der Waals surface area contributed by atoms with Crippen LogP contribution in [-0.2, 0) is 0 Å². The van der Waals surface area contributed by atoms with E-state index in [9.17, 15) is 0 Å². The lowest BCUT2D eigenvalue weighted by Crippen LogP contribution is -2.06. The molecule has 5 nitrogen and oxygen atoms in total. The van der Waals surface area contributed by atoms with Crippen molar-refractivity contribution < 1.29 is 0 Å². The molecule has 0 spiro atoms. The van der Waals surface area contributed by atoms with E-state index in [1.807, 2.05) is 25.1 Å². The molecule has 0 unspecified atom stereocenters. The van der Waals surface area contributed by atoms with E-state index >= 15 is 0 Å². The summed E-state index contributed by atoms with van der Waals surface area (Å²) < 4.78 is 0. The van der Waals surface area contributed by atoms with Crippen molar-refractivity contribution in [2.24, 2.45) is 0 Å². The van der Waals surface area contributed by atoms with Gasteiger partial charge in [0.2, 0.25) is 5.95 Å². The molecular weight excluding hydrogens is 250 g/mol. The molecule has 20 heavy (non-hydrogen) atoms. The molecule has 2 N–H and O–H groups in total. The van der Waals surface area contributed by atoms with Gasteiger partial charge in [0.25, 0.3) is 0 Å². The molecule has 2 rings (SSSR count). The van der Waals surface area contributed by atoms with Gasteiger partial charge >= 0.3 is 0 Å². The van der Waals surface area contributed by atoms with Crippen LogP contribution in [0, 0.1) is 18.3 Å². The van der Waals surface area contributed by atoms with Gasteiger partial charge in [-0.1, -0.05) is 13.0 Å². The average Bonchev–Trinajstić information content (AvgIpc) is 2.44. The fraction of sp³-hybridized carbons (Fsp3) is 0.267. The van der Waals surface area contributed by atoms with Crippen molar-refractivity contribution in [2.45, 2.75) is 20.3 Å². The Balaban J connectivity index is 2.20. The maximum atomic E-state index is 8.90. The van der Waals surface area contributed by atoms with Crippen molar-refractivity contribution in [1.29, 1.82) is 5.26 Å². The van der Waals surface area contributed by atoms with Gasteiger partial charge in [0, 0.05) is 24.0 Å². The van der Waals surface area contributed by atoms with Crippen molar-refractivity contribution >= 4 is 17.5 Å². The molecule has 2 aromatic rings. The molecule has 0 aliphatic carbocycles. The van der Waals surface area contributed by atoms with E-state index in [4.69, 9.17) is 5.26 Å². The number of hydrogen-bond acceptors (Lipinski definition) is 5. The third kappa shape index (κ3) is 3.69. The summed E-state index contributed by atoms with van der Waals surface area (Å²) in [6.45, 7) is 4.86. The Morgan fingerprint density at radius 1 is 1.25 bits per heavy atom. The second kappa shape index (κ2) is 6.53. The number of nitrogens with one attached hydrogen (secondary N) is 2. The van der Waals surface area contributed by atoms with Crippen molar-refractivity contribution in [1.82, 2.24) is 9.97 Å².